The fourth-order valence-corrected chi connectivity index (χ4v) is 4.74. The average molecular weight is 355 g/mol. The normalized spacial score (nSPS) is 12.0. The van der Waals surface area contributed by atoms with Crippen LogP contribution in [0.2, 0.25) is 0 Å². The molecule has 0 saturated heterocycles. The molecule has 1 heterocycles. The highest BCUT2D eigenvalue weighted by molar-refractivity contribution is 9.10. The molecule has 0 atom stereocenters. The van der Waals surface area contributed by atoms with Gasteiger partial charge in [0.05, 0.1) is 21.6 Å². The fraction of sp³-hybridized carbons (Fsp3) is 0.727. The molecule has 0 fully saturated rings. The standard InChI is InChI=1S/C11H19BrN2O2S2/c1-4-9-11(12)10(14(5-2)13-9)8-17-6-7-18(3,15)16/h4-8H2,1-3H3. The van der Waals surface area contributed by atoms with Crippen molar-refractivity contribution in [2.45, 2.75) is 32.6 Å². The van der Waals surface area contributed by atoms with Gasteiger partial charge in [-0.1, -0.05) is 6.92 Å². The second-order valence-electron chi connectivity index (χ2n) is 4.06. The molecule has 0 saturated carbocycles. The summed E-state index contributed by atoms with van der Waals surface area (Å²) in [6.07, 6.45) is 2.17. The minimum Gasteiger partial charge on any atom is -0.268 e. The van der Waals surface area contributed by atoms with Gasteiger partial charge in [-0.25, -0.2) is 8.42 Å². The average Bonchev–Trinajstić information content (AvgIpc) is 2.60. The van der Waals surface area contributed by atoms with E-state index in [0.717, 1.165) is 34.6 Å². The highest BCUT2D eigenvalue weighted by Gasteiger charge is 2.13. The molecule has 0 aliphatic heterocycles. The van der Waals surface area contributed by atoms with Crippen LogP contribution in [0.4, 0.5) is 0 Å². The Labute approximate surface area is 122 Å². The Morgan fingerprint density at radius 1 is 1.39 bits per heavy atom. The summed E-state index contributed by atoms with van der Waals surface area (Å²) in [5, 5.41) is 4.51. The molecular weight excluding hydrogens is 336 g/mol. The molecule has 1 aromatic rings. The van der Waals surface area contributed by atoms with Crippen molar-refractivity contribution in [2.24, 2.45) is 0 Å². The maximum Gasteiger partial charge on any atom is 0.148 e. The van der Waals surface area contributed by atoms with Crippen LogP contribution in [0.25, 0.3) is 0 Å². The summed E-state index contributed by atoms with van der Waals surface area (Å²) in [6.45, 7) is 4.97. The van der Waals surface area contributed by atoms with Gasteiger partial charge in [-0.15, -0.1) is 0 Å². The molecule has 104 valence electrons. The Kier molecular flexibility index (Phi) is 6.20. The van der Waals surface area contributed by atoms with Gasteiger partial charge in [0.2, 0.25) is 0 Å². The van der Waals surface area contributed by atoms with Crippen LogP contribution in [0.15, 0.2) is 4.47 Å². The fourth-order valence-electron chi connectivity index (χ4n) is 1.53. The van der Waals surface area contributed by atoms with E-state index in [1.165, 1.54) is 6.26 Å². The van der Waals surface area contributed by atoms with Crippen LogP contribution in [0.3, 0.4) is 0 Å². The van der Waals surface area contributed by atoms with Crippen molar-refractivity contribution in [3.8, 4) is 0 Å². The molecule has 0 aliphatic carbocycles. The van der Waals surface area contributed by atoms with Gasteiger partial charge in [0.1, 0.15) is 9.84 Å². The molecule has 0 aromatic carbocycles. The number of thioether (sulfide) groups is 1. The number of hydrogen-bond donors (Lipinski definition) is 0. The number of aryl methyl sites for hydroxylation is 2. The molecule has 0 radical (unpaired) electrons. The lowest BCUT2D eigenvalue weighted by Crippen LogP contribution is -2.06. The van der Waals surface area contributed by atoms with Crippen molar-refractivity contribution in [1.29, 1.82) is 0 Å². The predicted molar refractivity (Wildman–Crippen MR) is 80.9 cm³/mol. The number of rotatable bonds is 7. The molecule has 7 heteroatoms. The van der Waals surface area contributed by atoms with Crippen LogP contribution in [0.1, 0.15) is 25.2 Å². The van der Waals surface area contributed by atoms with Crippen LogP contribution in [0.5, 0.6) is 0 Å². The van der Waals surface area contributed by atoms with Crippen LogP contribution in [0, 0.1) is 0 Å². The van der Waals surface area contributed by atoms with E-state index in [-0.39, 0.29) is 5.75 Å². The molecule has 4 nitrogen and oxygen atoms in total. The topological polar surface area (TPSA) is 52.0 Å². The smallest absolute Gasteiger partial charge is 0.148 e. The molecule has 0 spiro atoms. The first-order chi connectivity index (χ1) is 8.39. The Balaban J connectivity index is 2.64. The Morgan fingerprint density at radius 3 is 2.56 bits per heavy atom. The van der Waals surface area contributed by atoms with Crippen LogP contribution >= 0.6 is 27.7 Å². The first kappa shape index (κ1) is 16.0. The van der Waals surface area contributed by atoms with Gasteiger partial charge in [0, 0.05) is 24.3 Å². The van der Waals surface area contributed by atoms with Crippen molar-refractivity contribution < 1.29 is 8.42 Å². The van der Waals surface area contributed by atoms with Crippen LogP contribution in [-0.2, 0) is 28.6 Å². The molecule has 0 unspecified atom stereocenters. The van der Waals surface area contributed by atoms with Gasteiger partial charge in [-0.05, 0) is 29.3 Å². The van der Waals surface area contributed by atoms with Crippen molar-refractivity contribution in [2.75, 3.05) is 17.8 Å². The summed E-state index contributed by atoms with van der Waals surface area (Å²) >= 11 is 5.21. The maximum absolute atomic E-state index is 11.0. The molecular formula is C11H19BrN2O2S2. The van der Waals surface area contributed by atoms with E-state index in [4.69, 9.17) is 0 Å². The third kappa shape index (κ3) is 4.59. The lowest BCUT2D eigenvalue weighted by molar-refractivity contribution is 0.603. The van der Waals surface area contributed by atoms with Gasteiger partial charge in [-0.2, -0.15) is 16.9 Å². The minimum absolute atomic E-state index is 0.232. The number of aromatic nitrogens is 2. The van der Waals surface area contributed by atoms with Crippen molar-refractivity contribution in [3.05, 3.63) is 15.9 Å². The van der Waals surface area contributed by atoms with Gasteiger partial charge in [0.25, 0.3) is 0 Å². The summed E-state index contributed by atoms with van der Waals surface area (Å²) < 4.78 is 25.1. The SMILES string of the molecule is CCc1nn(CC)c(CSCCS(C)(=O)=O)c1Br. The Morgan fingerprint density at radius 2 is 2.06 bits per heavy atom. The highest BCUT2D eigenvalue weighted by Crippen LogP contribution is 2.26. The van der Waals surface area contributed by atoms with Gasteiger partial charge in [-0.3, -0.25) is 4.68 Å². The first-order valence-corrected chi connectivity index (χ1v) is 9.89. The van der Waals surface area contributed by atoms with Crippen LogP contribution < -0.4 is 0 Å². The molecule has 0 aliphatic rings. The van der Waals surface area contributed by atoms with E-state index >= 15 is 0 Å². The highest BCUT2D eigenvalue weighted by atomic mass is 79.9. The maximum atomic E-state index is 11.0. The Hall–Kier alpha value is -0.0100. The number of hydrogen-bond acceptors (Lipinski definition) is 4. The van der Waals surface area contributed by atoms with Gasteiger partial charge < -0.3 is 0 Å². The third-order valence-electron chi connectivity index (χ3n) is 2.53. The number of halogens is 1. The van der Waals surface area contributed by atoms with E-state index in [9.17, 15) is 8.42 Å². The van der Waals surface area contributed by atoms with E-state index < -0.39 is 9.84 Å². The summed E-state index contributed by atoms with van der Waals surface area (Å²) in [5.74, 6) is 1.65. The molecule has 0 N–H and O–H groups in total. The summed E-state index contributed by atoms with van der Waals surface area (Å²) in [6, 6.07) is 0. The van der Waals surface area contributed by atoms with E-state index in [2.05, 4.69) is 34.9 Å². The van der Waals surface area contributed by atoms with Crippen LogP contribution in [-0.4, -0.2) is 36.0 Å². The second kappa shape index (κ2) is 6.96. The molecule has 18 heavy (non-hydrogen) atoms. The summed E-state index contributed by atoms with van der Waals surface area (Å²) in [5.41, 5.74) is 2.21. The largest absolute Gasteiger partial charge is 0.268 e. The zero-order chi connectivity index (χ0) is 13.8. The van der Waals surface area contributed by atoms with Gasteiger partial charge in [0.15, 0.2) is 0 Å². The zero-order valence-corrected chi connectivity index (χ0v) is 14.2. The minimum atomic E-state index is -2.86. The van der Waals surface area contributed by atoms with E-state index in [0.29, 0.717) is 5.75 Å². The van der Waals surface area contributed by atoms with Crippen molar-refractivity contribution in [1.82, 2.24) is 9.78 Å². The summed E-state index contributed by atoms with van der Waals surface area (Å²) in [4.78, 5) is 0. The van der Waals surface area contributed by atoms with E-state index in [1.54, 1.807) is 11.8 Å². The predicted octanol–water partition coefficient (Wildman–Crippen LogP) is 2.51. The number of nitrogens with zero attached hydrogens (tertiary/aromatic N) is 2. The Bertz CT molecular complexity index is 497. The molecule has 0 bridgehead atoms. The summed E-state index contributed by atoms with van der Waals surface area (Å²) in [7, 11) is -2.86. The quantitative estimate of drug-likeness (QED) is 0.706. The molecule has 0 amide bonds. The van der Waals surface area contributed by atoms with Crippen molar-refractivity contribution >= 4 is 37.5 Å². The third-order valence-corrected chi connectivity index (χ3v) is 5.62. The zero-order valence-electron chi connectivity index (χ0n) is 10.9. The first-order valence-electron chi connectivity index (χ1n) is 5.88. The second-order valence-corrected chi connectivity index (χ2v) is 8.22. The molecule has 1 aromatic heterocycles. The lowest BCUT2D eigenvalue weighted by Gasteiger charge is -2.05. The van der Waals surface area contributed by atoms with Crippen molar-refractivity contribution in [3.63, 3.8) is 0 Å². The molecule has 1 rings (SSSR count). The van der Waals surface area contributed by atoms with E-state index in [1.807, 2.05) is 4.68 Å². The number of sulfone groups is 1. The monoisotopic (exact) mass is 354 g/mol. The lowest BCUT2D eigenvalue weighted by atomic mass is 10.3. The van der Waals surface area contributed by atoms with Gasteiger partial charge >= 0.3 is 0 Å².